The minimum absolute atomic E-state index is 0.0120. The number of carbonyl (C=O) groups excluding carboxylic acids is 1. The maximum Gasteiger partial charge on any atom is 0.342 e. The van der Waals surface area contributed by atoms with Crippen molar-refractivity contribution in [2.24, 2.45) is 5.10 Å². The summed E-state index contributed by atoms with van der Waals surface area (Å²) in [6.07, 6.45) is 1.54. The standard InChI is InChI=1S/C15H17N5O3S/c1-9(2)11-5-3-10(4-6-11)7-16-18-12(21)8-24-14-13(22)17-15(23)20-19-14/h3-7,9H,8H2,1-2H3,(H,18,21)(H2,17,20,22,23)/b16-7-. The molecule has 126 valence electrons. The number of thioether (sulfide) groups is 1. The predicted molar refractivity (Wildman–Crippen MR) is 92.5 cm³/mol. The van der Waals surface area contributed by atoms with Crippen molar-refractivity contribution in [2.45, 2.75) is 24.8 Å². The third-order valence-corrected chi connectivity index (χ3v) is 3.98. The molecular formula is C15H17N5O3S. The van der Waals surface area contributed by atoms with Gasteiger partial charge >= 0.3 is 5.69 Å². The number of aromatic nitrogens is 3. The maximum absolute atomic E-state index is 11.7. The van der Waals surface area contributed by atoms with Crippen molar-refractivity contribution in [2.75, 3.05) is 5.75 Å². The van der Waals surface area contributed by atoms with Crippen LogP contribution in [0.4, 0.5) is 0 Å². The van der Waals surface area contributed by atoms with Gasteiger partial charge < -0.3 is 0 Å². The minimum atomic E-state index is -0.693. The fourth-order valence-electron chi connectivity index (χ4n) is 1.75. The second-order valence-electron chi connectivity index (χ2n) is 5.22. The van der Waals surface area contributed by atoms with Crippen molar-refractivity contribution in [1.82, 2.24) is 20.6 Å². The Hall–Kier alpha value is -2.68. The van der Waals surface area contributed by atoms with E-state index < -0.39 is 11.2 Å². The number of nitrogens with one attached hydrogen (secondary N) is 3. The SMILES string of the molecule is CC(C)c1ccc(/C=N\NC(=O)CSc2n[nH]c(=O)[nH]c2=O)cc1. The van der Waals surface area contributed by atoms with Gasteiger partial charge in [-0.25, -0.2) is 15.3 Å². The first-order valence-electron chi connectivity index (χ1n) is 7.19. The molecule has 0 radical (unpaired) electrons. The topological polar surface area (TPSA) is 120 Å². The lowest BCUT2D eigenvalue weighted by Gasteiger charge is -2.04. The highest BCUT2D eigenvalue weighted by Gasteiger charge is 2.07. The van der Waals surface area contributed by atoms with Crippen LogP contribution in [0, 0.1) is 0 Å². The number of hydrogen-bond donors (Lipinski definition) is 3. The van der Waals surface area contributed by atoms with E-state index in [-0.39, 0.29) is 16.7 Å². The summed E-state index contributed by atoms with van der Waals surface area (Å²) >= 11 is 0.904. The van der Waals surface area contributed by atoms with E-state index in [1.807, 2.05) is 29.2 Å². The van der Waals surface area contributed by atoms with E-state index in [2.05, 4.69) is 34.6 Å². The summed E-state index contributed by atoms with van der Waals surface area (Å²) in [5.74, 6) is 0.0195. The fraction of sp³-hybridized carbons (Fsp3) is 0.267. The Labute approximate surface area is 141 Å². The van der Waals surface area contributed by atoms with Crippen LogP contribution in [-0.4, -0.2) is 33.1 Å². The van der Waals surface area contributed by atoms with Crippen LogP contribution < -0.4 is 16.7 Å². The summed E-state index contributed by atoms with van der Waals surface area (Å²) in [7, 11) is 0. The first-order valence-corrected chi connectivity index (χ1v) is 8.18. The molecule has 2 aromatic rings. The van der Waals surface area contributed by atoms with Crippen LogP contribution in [0.3, 0.4) is 0 Å². The molecular weight excluding hydrogens is 330 g/mol. The van der Waals surface area contributed by atoms with Crippen LogP contribution in [0.5, 0.6) is 0 Å². The van der Waals surface area contributed by atoms with Gasteiger partial charge in [-0.05, 0) is 17.0 Å². The van der Waals surface area contributed by atoms with Gasteiger partial charge in [0.05, 0.1) is 12.0 Å². The molecule has 1 heterocycles. The third-order valence-electron chi connectivity index (χ3n) is 3.03. The van der Waals surface area contributed by atoms with Crippen molar-refractivity contribution >= 4 is 23.9 Å². The van der Waals surface area contributed by atoms with Crippen LogP contribution in [-0.2, 0) is 4.79 Å². The fourth-order valence-corrected chi connectivity index (χ4v) is 2.37. The van der Waals surface area contributed by atoms with E-state index >= 15 is 0 Å². The summed E-state index contributed by atoms with van der Waals surface area (Å²) in [4.78, 5) is 35.9. The van der Waals surface area contributed by atoms with E-state index in [1.165, 1.54) is 11.8 Å². The van der Waals surface area contributed by atoms with Gasteiger partial charge in [-0.15, -0.1) is 0 Å². The van der Waals surface area contributed by atoms with Crippen LogP contribution >= 0.6 is 11.8 Å². The molecule has 0 bridgehead atoms. The zero-order valence-electron chi connectivity index (χ0n) is 13.2. The van der Waals surface area contributed by atoms with Gasteiger partial charge in [0, 0.05) is 0 Å². The second-order valence-corrected chi connectivity index (χ2v) is 6.18. The van der Waals surface area contributed by atoms with E-state index in [9.17, 15) is 14.4 Å². The molecule has 0 atom stereocenters. The number of nitrogens with zero attached hydrogens (tertiary/aromatic N) is 2. The van der Waals surface area contributed by atoms with Crippen LogP contribution in [0.15, 0.2) is 44.0 Å². The number of rotatable bonds is 6. The highest BCUT2D eigenvalue weighted by Crippen LogP contribution is 2.13. The molecule has 1 amide bonds. The monoisotopic (exact) mass is 347 g/mol. The van der Waals surface area contributed by atoms with Gasteiger partial charge in [0.1, 0.15) is 0 Å². The van der Waals surface area contributed by atoms with Crippen molar-refractivity contribution in [1.29, 1.82) is 0 Å². The normalized spacial score (nSPS) is 11.1. The molecule has 2 rings (SSSR count). The highest BCUT2D eigenvalue weighted by atomic mass is 32.2. The lowest BCUT2D eigenvalue weighted by Crippen LogP contribution is -2.26. The number of benzene rings is 1. The molecule has 8 nitrogen and oxygen atoms in total. The Morgan fingerprint density at radius 1 is 1.33 bits per heavy atom. The Kier molecular flexibility index (Phi) is 6.07. The lowest BCUT2D eigenvalue weighted by atomic mass is 10.0. The number of carbonyl (C=O) groups is 1. The highest BCUT2D eigenvalue weighted by molar-refractivity contribution is 7.99. The summed E-state index contributed by atoms with van der Waals surface area (Å²) in [6, 6.07) is 7.86. The molecule has 1 aromatic heterocycles. The predicted octanol–water partition coefficient (Wildman–Crippen LogP) is 0.824. The Morgan fingerprint density at radius 3 is 2.67 bits per heavy atom. The Morgan fingerprint density at radius 2 is 2.04 bits per heavy atom. The van der Waals surface area contributed by atoms with Gasteiger partial charge in [0.25, 0.3) is 5.56 Å². The minimum Gasteiger partial charge on any atom is -0.272 e. The van der Waals surface area contributed by atoms with Crippen molar-refractivity contribution in [3.63, 3.8) is 0 Å². The molecule has 0 saturated carbocycles. The Balaban J connectivity index is 1.84. The number of aromatic amines is 2. The molecule has 0 fully saturated rings. The van der Waals surface area contributed by atoms with Gasteiger partial charge in [-0.3, -0.25) is 14.6 Å². The summed E-state index contributed by atoms with van der Waals surface area (Å²) in [5.41, 5.74) is 3.14. The molecule has 3 N–H and O–H groups in total. The molecule has 0 spiro atoms. The van der Waals surface area contributed by atoms with Crippen LogP contribution in [0.25, 0.3) is 0 Å². The second kappa shape index (κ2) is 8.25. The molecule has 0 aliphatic heterocycles. The van der Waals surface area contributed by atoms with E-state index in [0.717, 1.165) is 17.3 Å². The number of H-pyrrole nitrogens is 2. The largest absolute Gasteiger partial charge is 0.342 e. The van der Waals surface area contributed by atoms with Gasteiger partial charge in [0.2, 0.25) is 5.91 Å². The smallest absolute Gasteiger partial charge is 0.272 e. The summed E-state index contributed by atoms with van der Waals surface area (Å²) in [5, 5.41) is 9.54. The number of amides is 1. The number of hydrazone groups is 1. The maximum atomic E-state index is 11.7. The van der Waals surface area contributed by atoms with Gasteiger partial charge in [-0.1, -0.05) is 49.9 Å². The van der Waals surface area contributed by atoms with Crippen molar-refractivity contribution < 1.29 is 4.79 Å². The molecule has 9 heteroatoms. The zero-order chi connectivity index (χ0) is 17.5. The first kappa shape index (κ1) is 17.7. The zero-order valence-corrected chi connectivity index (χ0v) is 14.0. The average molecular weight is 347 g/mol. The molecule has 0 aliphatic rings. The van der Waals surface area contributed by atoms with Crippen LogP contribution in [0.1, 0.15) is 30.9 Å². The molecule has 0 aliphatic carbocycles. The van der Waals surface area contributed by atoms with E-state index in [1.54, 1.807) is 0 Å². The van der Waals surface area contributed by atoms with E-state index in [0.29, 0.717) is 5.92 Å². The van der Waals surface area contributed by atoms with Crippen molar-refractivity contribution in [3.8, 4) is 0 Å². The molecule has 24 heavy (non-hydrogen) atoms. The third kappa shape index (κ3) is 5.20. The number of hydrogen-bond acceptors (Lipinski definition) is 6. The summed E-state index contributed by atoms with van der Waals surface area (Å²) in [6.45, 7) is 4.23. The Bertz CT molecular complexity index is 839. The van der Waals surface area contributed by atoms with Gasteiger partial charge in [0.15, 0.2) is 5.03 Å². The molecule has 0 saturated heterocycles. The van der Waals surface area contributed by atoms with Crippen molar-refractivity contribution in [3.05, 3.63) is 56.2 Å². The average Bonchev–Trinajstić information content (AvgIpc) is 2.54. The van der Waals surface area contributed by atoms with Gasteiger partial charge in [-0.2, -0.15) is 10.2 Å². The summed E-state index contributed by atoms with van der Waals surface area (Å²) < 4.78 is 0. The van der Waals surface area contributed by atoms with Crippen LogP contribution in [0.2, 0.25) is 0 Å². The lowest BCUT2D eigenvalue weighted by molar-refractivity contribution is -0.118. The molecule has 1 aromatic carbocycles. The molecule has 0 unspecified atom stereocenters. The first-order chi connectivity index (χ1) is 11.5. The quantitative estimate of drug-likeness (QED) is 0.406. The van der Waals surface area contributed by atoms with E-state index in [4.69, 9.17) is 0 Å².